The molecule has 2 aliphatic rings. The Morgan fingerprint density at radius 1 is 0.686 bits per heavy atom. The molecule has 2 aromatic carbocycles. The number of fused-ring (bicyclic) bond motifs is 2. The molecule has 4 aromatic heterocycles. The van der Waals surface area contributed by atoms with Crippen LogP contribution in [0.5, 0.6) is 0 Å². The molecule has 6 aromatic rings. The molecule has 0 saturated carbocycles. The normalized spacial score (nSPS) is 16.3. The molecular formula is C41H48N6O4. The first-order chi connectivity index (χ1) is 25.0. The molecule has 10 heteroatoms. The van der Waals surface area contributed by atoms with Gasteiger partial charge in [-0.3, -0.25) is 9.59 Å². The number of H-pyrrole nitrogens is 2. The number of benzene rings is 2. The first-order valence-corrected chi connectivity index (χ1v) is 18.4. The van der Waals surface area contributed by atoms with Crippen LogP contribution >= 0.6 is 0 Å². The van der Waals surface area contributed by atoms with Crippen LogP contribution in [0.4, 0.5) is 11.4 Å². The molecule has 4 N–H and O–H groups in total. The summed E-state index contributed by atoms with van der Waals surface area (Å²) in [5.74, 6) is 1.35. The number of amides is 2. The van der Waals surface area contributed by atoms with Gasteiger partial charge in [0.2, 0.25) is 0 Å². The summed E-state index contributed by atoms with van der Waals surface area (Å²) in [4.78, 5) is 36.2. The minimum atomic E-state index is -0.224. The van der Waals surface area contributed by atoms with Crippen molar-refractivity contribution >= 4 is 45.0 Å². The van der Waals surface area contributed by atoms with Gasteiger partial charge in [0.05, 0.1) is 12.5 Å². The maximum Gasteiger partial charge on any atom is 0.291 e. The average Bonchev–Trinajstić information content (AvgIpc) is 4.00. The second-order valence-corrected chi connectivity index (χ2v) is 13.7. The van der Waals surface area contributed by atoms with Gasteiger partial charge < -0.3 is 39.2 Å². The molecule has 2 fully saturated rings. The second-order valence-electron chi connectivity index (χ2n) is 13.7. The summed E-state index contributed by atoms with van der Waals surface area (Å²) in [5.41, 5.74) is 6.55. The largest absolute Gasteiger partial charge is 0.459 e. The first kappa shape index (κ1) is 34.4. The molecule has 2 amide bonds. The van der Waals surface area contributed by atoms with Crippen molar-refractivity contribution in [1.82, 2.24) is 19.8 Å². The fourth-order valence-corrected chi connectivity index (χ4v) is 7.66. The van der Waals surface area contributed by atoms with E-state index < -0.39 is 0 Å². The van der Waals surface area contributed by atoms with Crippen LogP contribution in [0.25, 0.3) is 21.8 Å². The Morgan fingerprint density at radius 2 is 1.16 bits per heavy atom. The molecule has 0 unspecified atom stereocenters. The Labute approximate surface area is 298 Å². The van der Waals surface area contributed by atoms with Crippen LogP contribution < -0.4 is 10.6 Å². The Kier molecular flexibility index (Phi) is 10.7. The Morgan fingerprint density at radius 3 is 1.57 bits per heavy atom. The maximum atomic E-state index is 12.2. The number of likely N-dealkylation sites (tertiary alicyclic amines) is 2. The van der Waals surface area contributed by atoms with E-state index >= 15 is 0 Å². The number of carbonyl (C=O) groups excluding carboxylic acids is 2. The van der Waals surface area contributed by atoms with Crippen molar-refractivity contribution < 1.29 is 18.4 Å². The van der Waals surface area contributed by atoms with E-state index in [2.05, 4.69) is 68.8 Å². The van der Waals surface area contributed by atoms with E-state index in [9.17, 15) is 9.59 Å². The van der Waals surface area contributed by atoms with E-state index in [-0.39, 0.29) is 11.8 Å². The van der Waals surface area contributed by atoms with Gasteiger partial charge in [0.25, 0.3) is 11.8 Å². The van der Waals surface area contributed by atoms with E-state index in [0.717, 1.165) is 42.0 Å². The van der Waals surface area contributed by atoms with Gasteiger partial charge in [0.15, 0.2) is 11.5 Å². The predicted octanol–water partition coefficient (Wildman–Crippen LogP) is 8.82. The molecule has 0 spiro atoms. The average molecular weight is 689 g/mol. The van der Waals surface area contributed by atoms with Crippen molar-refractivity contribution in [3.05, 3.63) is 108 Å². The highest BCUT2D eigenvalue weighted by atomic mass is 16.3. The summed E-state index contributed by atoms with van der Waals surface area (Å²) in [6.07, 6.45) is 13.3. The van der Waals surface area contributed by atoms with Crippen molar-refractivity contribution in [2.45, 2.75) is 57.8 Å². The van der Waals surface area contributed by atoms with Crippen molar-refractivity contribution in [3.63, 3.8) is 0 Å². The molecule has 266 valence electrons. The van der Waals surface area contributed by atoms with Crippen LogP contribution in [0.15, 0.2) is 94.4 Å². The highest BCUT2D eigenvalue weighted by Crippen LogP contribution is 2.36. The summed E-state index contributed by atoms with van der Waals surface area (Å²) in [7, 11) is 0. The number of aromatic amines is 2. The topological polar surface area (TPSA) is 123 Å². The molecule has 51 heavy (non-hydrogen) atoms. The highest BCUT2D eigenvalue weighted by molar-refractivity contribution is 6.04. The van der Waals surface area contributed by atoms with Gasteiger partial charge >= 0.3 is 0 Å². The van der Waals surface area contributed by atoms with E-state index in [4.69, 9.17) is 8.83 Å². The lowest BCUT2D eigenvalue weighted by atomic mass is 9.89. The smallest absolute Gasteiger partial charge is 0.291 e. The molecule has 2 aliphatic heterocycles. The van der Waals surface area contributed by atoms with Crippen LogP contribution in [0.1, 0.15) is 90.0 Å². The number of carbonyl (C=O) groups is 2. The molecule has 0 bridgehead atoms. The minimum absolute atomic E-state index is 0.223. The predicted molar refractivity (Wildman–Crippen MR) is 203 cm³/mol. The summed E-state index contributed by atoms with van der Waals surface area (Å²) in [5, 5.41) is 8.25. The SMILES string of the molecule is CCCN1CCC(c2c[nH]c3ccc(NC(=O)c4ccco4)cc23)CC1.CCN1CCC(c2c[nH]c3ccc(NC(=O)c4ccco4)cc23)CC1. The Hall–Kier alpha value is -5.06. The quantitative estimate of drug-likeness (QED) is 0.120. The van der Waals surface area contributed by atoms with Gasteiger partial charge in [-0.1, -0.05) is 13.8 Å². The van der Waals surface area contributed by atoms with E-state index in [1.807, 2.05) is 24.3 Å². The molecule has 2 saturated heterocycles. The van der Waals surface area contributed by atoms with Crippen LogP contribution in [0, 0.1) is 0 Å². The Bertz CT molecular complexity index is 2030. The zero-order valence-electron chi connectivity index (χ0n) is 29.5. The van der Waals surface area contributed by atoms with Crippen molar-refractivity contribution in [2.75, 3.05) is 49.9 Å². The molecular weight excluding hydrogens is 640 g/mol. The minimum Gasteiger partial charge on any atom is -0.459 e. The Balaban J connectivity index is 0.000000159. The zero-order valence-corrected chi connectivity index (χ0v) is 29.5. The van der Waals surface area contributed by atoms with Crippen LogP contribution in [0.3, 0.4) is 0 Å². The van der Waals surface area contributed by atoms with Gasteiger partial charge in [-0.2, -0.15) is 0 Å². The number of aromatic nitrogens is 2. The standard InChI is InChI=1S/C21H25N3O2.C20H23N3O2/c1-2-9-24-10-7-15(8-11-24)18-14-22-19-6-5-16(13-17(18)19)23-21(25)20-4-3-12-26-20;1-2-23-9-7-14(8-10-23)17-13-21-18-6-5-15(12-16(17)18)22-20(24)19-4-3-11-25-19/h3-6,12-15,22H,2,7-11H2,1H3,(H,23,25);3-6,11-14,21H,2,7-10H2,1H3,(H,22,24). The first-order valence-electron chi connectivity index (χ1n) is 18.4. The molecule has 0 atom stereocenters. The number of hydrogen-bond acceptors (Lipinski definition) is 6. The number of furan rings is 2. The molecule has 0 aliphatic carbocycles. The van der Waals surface area contributed by atoms with Crippen molar-refractivity contribution in [2.24, 2.45) is 0 Å². The van der Waals surface area contributed by atoms with Crippen LogP contribution in [-0.4, -0.2) is 70.9 Å². The lowest BCUT2D eigenvalue weighted by Gasteiger charge is -2.31. The molecule has 8 rings (SSSR count). The van der Waals surface area contributed by atoms with E-state index in [0.29, 0.717) is 23.4 Å². The lowest BCUT2D eigenvalue weighted by molar-refractivity contribution is 0.0989. The van der Waals surface area contributed by atoms with Gasteiger partial charge in [0.1, 0.15) is 0 Å². The third-order valence-corrected chi connectivity index (χ3v) is 10.5. The third kappa shape index (κ3) is 7.97. The number of nitrogens with one attached hydrogen (secondary N) is 4. The number of rotatable bonds is 9. The van der Waals surface area contributed by atoms with Gasteiger partial charge in [-0.05, 0) is 155 Å². The molecule has 0 radical (unpaired) electrons. The van der Waals surface area contributed by atoms with Gasteiger partial charge in [-0.15, -0.1) is 0 Å². The number of nitrogens with zero attached hydrogens (tertiary/aromatic N) is 2. The fourth-order valence-electron chi connectivity index (χ4n) is 7.66. The zero-order chi connectivity index (χ0) is 35.2. The van der Waals surface area contributed by atoms with Crippen LogP contribution in [-0.2, 0) is 0 Å². The maximum absolute atomic E-state index is 12.2. The summed E-state index contributed by atoms with van der Waals surface area (Å²) < 4.78 is 10.3. The number of hydrogen-bond donors (Lipinski definition) is 4. The summed E-state index contributed by atoms with van der Waals surface area (Å²) in [6.45, 7) is 11.4. The molecule has 6 heterocycles. The fraction of sp³-hybridized carbons (Fsp3) is 0.366. The molecule has 10 nitrogen and oxygen atoms in total. The van der Waals surface area contributed by atoms with E-state index in [1.165, 1.54) is 86.2 Å². The van der Waals surface area contributed by atoms with Gasteiger partial charge in [-0.25, -0.2) is 0 Å². The highest BCUT2D eigenvalue weighted by Gasteiger charge is 2.24. The van der Waals surface area contributed by atoms with E-state index in [1.54, 1.807) is 24.3 Å². The van der Waals surface area contributed by atoms with Crippen molar-refractivity contribution in [1.29, 1.82) is 0 Å². The number of anilines is 2. The monoisotopic (exact) mass is 688 g/mol. The third-order valence-electron chi connectivity index (χ3n) is 10.5. The number of piperidine rings is 2. The van der Waals surface area contributed by atoms with Crippen molar-refractivity contribution in [3.8, 4) is 0 Å². The van der Waals surface area contributed by atoms with Crippen LogP contribution in [0.2, 0.25) is 0 Å². The summed E-state index contributed by atoms with van der Waals surface area (Å²) in [6, 6.07) is 18.8. The lowest BCUT2D eigenvalue weighted by Crippen LogP contribution is -2.33. The summed E-state index contributed by atoms with van der Waals surface area (Å²) >= 11 is 0. The van der Waals surface area contributed by atoms with Gasteiger partial charge in [0, 0.05) is 45.6 Å². The second kappa shape index (κ2) is 15.9.